The molecular formula is C11H8FKN2O3. The van der Waals surface area contributed by atoms with Crippen molar-refractivity contribution in [3.8, 4) is 0 Å². The predicted molar refractivity (Wildman–Crippen MR) is 53.9 cm³/mol. The SMILES string of the molecule is O=C1NC=C(C(=O)[O-])C(c2ccc(F)cc2)N1.[K+]. The summed E-state index contributed by atoms with van der Waals surface area (Å²) in [6, 6.07) is 3.83. The van der Waals surface area contributed by atoms with Crippen LogP contribution in [-0.2, 0) is 4.79 Å². The number of urea groups is 1. The van der Waals surface area contributed by atoms with Gasteiger partial charge in [0.15, 0.2) is 0 Å². The molecule has 0 bridgehead atoms. The van der Waals surface area contributed by atoms with Crippen molar-refractivity contribution < 1.29 is 70.5 Å². The second-order valence-corrected chi connectivity index (χ2v) is 3.49. The number of carbonyl (C=O) groups excluding carboxylic acids is 2. The van der Waals surface area contributed by atoms with Crippen molar-refractivity contribution in [3.05, 3.63) is 47.4 Å². The molecule has 2 N–H and O–H groups in total. The van der Waals surface area contributed by atoms with E-state index in [-0.39, 0.29) is 57.0 Å². The average molecular weight is 274 g/mol. The maximum Gasteiger partial charge on any atom is 1.00 e. The Kier molecular flexibility index (Phi) is 5.48. The number of halogens is 1. The first-order chi connectivity index (χ1) is 8.08. The number of carbonyl (C=O) groups is 2. The van der Waals surface area contributed by atoms with Crippen LogP contribution in [0.3, 0.4) is 0 Å². The van der Waals surface area contributed by atoms with Crippen LogP contribution in [-0.4, -0.2) is 12.0 Å². The molecule has 1 unspecified atom stereocenters. The van der Waals surface area contributed by atoms with Crippen LogP contribution >= 0.6 is 0 Å². The summed E-state index contributed by atoms with van der Waals surface area (Å²) in [5.41, 5.74) is 0.355. The van der Waals surface area contributed by atoms with Gasteiger partial charge in [-0.1, -0.05) is 12.1 Å². The summed E-state index contributed by atoms with van der Waals surface area (Å²) in [5, 5.41) is 15.5. The molecule has 2 rings (SSSR count). The Morgan fingerprint density at radius 1 is 1.28 bits per heavy atom. The quantitative estimate of drug-likeness (QED) is 0.558. The second kappa shape index (κ2) is 6.44. The molecule has 0 saturated heterocycles. The number of hydrogen-bond donors (Lipinski definition) is 2. The molecule has 88 valence electrons. The molecule has 7 heteroatoms. The molecule has 2 amide bonds. The monoisotopic (exact) mass is 274 g/mol. The van der Waals surface area contributed by atoms with E-state index in [1.807, 2.05) is 0 Å². The zero-order chi connectivity index (χ0) is 12.4. The zero-order valence-corrected chi connectivity index (χ0v) is 12.7. The van der Waals surface area contributed by atoms with Gasteiger partial charge in [0, 0.05) is 11.8 Å². The normalized spacial score (nSPS) is 17.9. The van der Waals surface area contributed by atoms with Crippen molar-refractivity contribution in [1.29, 1.82) is 0 Å². The molecule has 0 radical (unpaired) electrons. The van der Waals surface area contributed by atoms with Crippen LogP contribution in [0, 0.1) is 5.82 Å². The third-order valence-corrected chi connectivity index (χ3v) is 2.38. The van der Waals surface area contributed by atoms with Crippen LogP contribution in [0.15, 0.2) is 36.0 Å². The summed E-state index contributed by atoms with van der Waals surface area (Å²) >= 11 is 0. The van der Waals surface area contributed by atoms with Crippen molar-refractivity contribution in [2.24, 2.45) is 0 Å². The van der Waals surface area contributed by atoms with Crippen LogP contribution in [0.25, 0.3) is 0 Å². The number of amides is 2. The Morgan fingerprint density at radius 2 is 1.89 bits per heavy atom. The molecular weight excluding hydrogens is 266 g/mol. The molecule has 1 aromatic rings. The van der Waals surface area contributed by atoms with E-state index >= 15 is 0 Å². The number of carboxylic acid groups (broad SMARTS) is 1. The van der Waals surface area contributed by atoms with Gasteiger partial charge in [0.2, 0.25) is 0 Å². The fraction of sp³-hybridized carbons (Fsp3) is 0.0909. The molecule has 1 aromatic carbocycles. The second-order valence-electron chi connectivity index (χ2n) is 3.49. The Morgan fingerprint density at radius 3 is 2.44 bits per heavy atom. The minimum absolute atomic E-state index is 0. The molecule has 0 spiro atoms. The van der Waals surface area contributed by atoms with Gasteiger partial charge in [-0.15, -0.1) is 0 Å². The number of benzene rings is 1. The van der Waals surface area contributed by atoms with E-state index in [1.54, 1.807) is 0 Å². The third-order valence-electron chi connectivity index (χ3n) is 2.38. The first-order valence-electron chi connectivity index (χ1n) is 4.82. The van der Waals surface area contributed by atoms with E-state index < -0.39 is 23.9 Å². The standard InChI is InChI=1S/C11H9FN2O3.K/c12-7-3-1-6(2-4-7)9-8(10(15)16)5-13-11(17)14-9;/h1-5,9H,(H,15,16)(H2,13,14,17);/q;+1/p-1. The van der Waals surface area contributed by atoms with Crippen LogP contribution in [0.5, 0.6) is 0 Å². The van der Waals surface area contributed by atoms with Gasteiger partial charge in [-0.05, 0) is 17.7 Å². The van der Waals surface area contributed by atoms with Crippen LogP contribution in [0.2, 0.25) is 0 Å². The molecule has 0 aromatic heterocycles. The Hall–Kier alpha value is -0.734. The first-order valence-corrected chi connectivity index (χ1v) is 4.82. The Bertz CT molecular complexity index is 502. The van der Waals surface area contributed by atoms with Gasteiger partial charge in [-0.25, -0.2) is 9.18 Å². The van der Waals surface area contributed by atoms with E-state index in [0.29, 0.717) is 5.56 Å². The van der Waals surface area contributed by atoms with E-state index in [0.717, 1.165) is 6.20 Å². The summed E-state index contributed by atoms with van der Waals surface area (Å²) in [7, 11) is 0. The van der Waals surface area contributed by atoms with Crippen molar-refractivity contribution in [1.82, 2.24) is 10.6 Å². The van der Waals surface area contributed by atoms with E-state index in [2.05, 4.69) is 10.6 Å². The van der Waals surface area contributed by atoms with Crippen LogP contribution in [0.1, 0.15) is 11.6 Å². The zero-order valence-electron chi connectivity index (χ0n) is 9.57. The van der Waals surface area contributed by atoms with Gasteiger partial charge in [0.1, 0.15) is 5.82 Å². The van der Waals surface area contributed by atoms with Gasteiger partial charge in [-0.3, -0.25) is 0 Å². The summed E-state index contributed by atoms with van der Waals surface area (Å²) in [5.74, 6) is -1.83. The number of rotatable bonds is 2. The minimum atomic E-state index is -1.40. The van der Waals surface area contributed by atoms with Crippen molar-refractivity contribution in [3.63, 3.8) is 0 Å². The number of hydrogen-bond acceptors (Lipinski definition) is 3. The van der Waals surface area contributed by atoms with E-state index in [1.165, 1.54) is 24.3 Å². The molecule has 1 aliphatic rings. The average Bonchev–Trinajstić information content (AvgIpc) is 2.29. The number of aliphatic carboxylic acids is 1. The van der Waals surface area contributed by atoms with E-state index in [9.17, 15) is 19.1 Å². The first kappa shape index (κ1) is 15.3. The smallest absolute Gasteiger partial charge is 0.545 e. The van der Waals surface area contributed by atoms with Gasteiger partial charge in [0.05, 0.1) is 12.0 Å². The molecule has 0 saturated carbocycles. The summed E-state index contributed by atoms with van der Waals surface area (Å²) in [6.07, 6.45) is 1.07. The van der Waals surface area contributed by atoms with Gasteiger partial charge in [-0.2, -0.15) is 0 Å². The van der Waals surface area contributed by atoms with Crippen molar-refractivity contribution in [2.75, 3.05) is 0 Å². The molecule has 0 fully saturated rings. The predicted octanol–water partition coefficient (Wildman–Crippen LogP) is -3.18. The molecule has 1 atom stereocenters. The fourth-order valence-corrected chi connectivity index (χ4v) is 1.57. The van der Waals surface area contributed by atoms with Gasteiger partial charge >= 0.3 is 57.4 Å². The van der Waals surface area contributed by atoms with Crippen LogP contribution < -0.4 is 67.1 Å². The molecule has 0 aliphatic carbocycles. The summed E-state index contributed by atoms with van der Waals surface area (Å²) in [4.78, 5) is 22.0. The molecule has 18 heavy (non-hydrogen) atoms. The fourth-order valence-electron chi connectivity index (χ4n) is 1.57. The number of nitrogens with one attached hydrogen (secondary N) is 2. The number of carboxylic acids is 1. The van der Waals surface area contributed by atoms with Crippen molar-refractivity contribution >= 4 is 12.0 Å². The molecule has 1 heterocycles. The third kappa shape index (κ3) is 3.39. The van der Waals surface area contributed by atoms with Gasteiger partial charge < -0.3 is 20.5 Å². The maximum absolute atomic E-state index is 12.7. The van der Waals surface area contributed by atoms with Crippen molar-refractivity contribution in [2.45, 2.75) is 6.04 Å². The van der Waals surface area contributed by atoms with Crippen LogP contribution in [0.4, 0.5) is 9.18 Å². The van der Waals surface area contributed by atoms with Gasteiger partial charge in [0.25, 0.3) is 0 Å². The minimum Gasteiger partial charge on any atom is -0.545 e. The Labute approximate surface area is 145 Å². The van der Waals surface area contributed by atoms with E-state index in [4.69, 9.17) is 0 Å². The Balaban J connectivity index is 0.00000162. The maximum atomic E-state index is 12.7. The topological polar surface area (TPSA) is 81.3 Å². The summed E-state index contributed by atoms with van der Waals surface area (Å²) < 4.78 is 12.7. The summed E-state index contributed by atoms with van der Waals surface area (Å²) in [6.45, 7) is 0. The largest absolute Gasteiger partial charge is 1.00 e. The molecule has 5 nitrogen and oxygen atoms in total. The molecule has 1 aliphatic heterocycles.